The Morgan fingerprint density at radius 2 is 2.32 bits per heavy atom. The number of nitrogens with two attached hydrogens (primary N) is 1. The molecule has 0 fully saturated rings. The fourth-order valence-corrected chi connectivity index (χ4v) is 2.83. The highest BCUT2D eigenvalue weighted by atomic mass is 32.1. The first-order valence-electron chi connectivity index (χ1n) is 5.64. The van der Waals surface area contributed by atoms with Crippen LogP contribution in [0.25, 0.3) is 10.6 Å². The highest BCUT2D eigenvalue weighted by Gasteiger charge is 2.21. The molecule has 2 aromatic heterocycles. The number of hydrogen-bond acceptors (Lipinski definition) is 6. The second-order valence-electron chi connectivity index (χ2n) is 3.91. The summed E-state index contributed by atoms with van der Waals surface area (Å²) < 4.78 is 5.18. The Bertz CT molecular complexity index is 666. The lowest BCUT2D eigenvalue weighted by molar-refractivity contribution is -0.401. The summed E-state index contributed by atoms with van der Waals surface area (Å²) in [7, 11) is 0. The summed E-state index contributed by atoms with van der Waals surface area (Å²) >= 11 is 1.20. The minimum absolute atomic E-state index is 0.317. The third-order valence-electron chi connectivity index (χ3n) is 2.65. The van der Waals surface area contributed by atoms with Crippen LogP contribution < -0.4 is 5.73 Å². The lowest BCUT2D eigenvalue weighted by atomic mass is 10.1. The van der Waals surface area contributed by atoms with Gasteiger partial charge in [-0.05, 0) is 18.1 Å². The van der Waals surface area contributed by atoms with Gasteiger partial charge in [-0.15, -0.1) is 11.3 Å². The maximum absolute atomic E-state index is 10.6. The molecule has 2 heterocycles. The number of nitro groups is 1. The fraction of sp³-hybridized carbons (Fsp3) is 0.250. The summed E-state index contributed by atoms with van der Waals surface area (Å²) in [4.78, 5) is 11.1. The van der Waals surface area contributed by atoms with Crippen LogP contribution in [0.2, 0.25) is 0 Å². The average Bonchev–Trinajstić information content (AvgIpc) is 2.96. The maximum Gasteiger partial charge on any atom is 0.433 e. The lowest BCUT2D eigenvalue weighted by Crippen LogP contribution is -1.92. The Morgan fingerprint density at radius 1 is 1.58 bits per heavy atom. The number of thiophene rings is 1. The van der Waals surface area contributed by atoms with E-state index in [4.69, 9.17) is 15.4 Å². The molecule has 0 bridgehead atoms. The molecule has 2 N–H and O–H groups in total. The zero-order chi connectivity index (χ0) is 14.0. The molecule has 98 valence electrons. The molecular formula is C12H11N3O3S. The standard InChI is InChI=1S/C12H11N3O3S/c1-2-3-7-11(14)9(6-13)19-12(7)8-4-5-10(18-8)15(16)17/h4-5H,2-3,14H2,1H3. The van der Waals surface area contributed by atoms with E-state index < -0.39 is 4.92 Å². The van der Waals surface area contributed by atoms with Crippen LogP contribution in [-0.4, -0.2) is 4.92 Å². The van der Waals surface area contributed by atoms with Gasteiger partial charge in [0.1, 0.15) is 15.9 Å². The number of hydrogen-bond donors (Lipinski definition) is 1. The molecular weight excluding hydrogens is 266 g/mol. The molecule has 2 aromatic rings. The van der Waals surface area contributed by atoms with E-state index in [0.717, 1.165) is 12.0 Å². The number of anilines is 1. The van der Waals surface area contributed by atoms with Gasteiger partial charge in [-0.1, -0.05) is 13.3 Å². The van der Waals surface area contributed by atoms with Crippen LogP contribution in [0.1, 0.15) is 23.8 Å². The highest BCUT2D eigenvalue weighted by molar-refractivity contribution is 7.16. The van der Waals surface area contributed by atoms with Crippen molar-refractivity contribution in [3.8, 4) is 16.7 Å². The van der Waals surface area contributed by atoms with Crippen molar-refractivity contribution in [2.75, 3.05) is 5.73 Å². The van der Waals surface area contributed by atoms with E-state index in [1.54, 1.807) is 0 Å². The SMILES string of the molecule is CCCc1c(-c2ccc([N+](=O)[O-])o2)sc(C#N)c1N. The van der Waals surface area contributed by atoms with Gasteiger partial charge in [0.15, 0.2) is 5.76 Å². The van der Waals surface area contributed by atoms with Crippen LogP contribution in [0.5, 0.6) is 0 Å². The number of furan rings is 1. The third-order valence-corrected chi connectivity index (χ3v) is 3.81. The van der Waals surface area contributed by atoms with Gasteiger partial charge in [-0.2, -0.15) is 5.26 Å². The molecule has 0 aliphatic carbocycles. The van der Waals surface area contributed by atoms with Gasteiger partial charge in [-0.3, -0.25) is 10.1 Å². The Labute approximate surface area is 113 Å². The topological polar surface area (TPSA) is 106 Å². The second kappa shape index (κ2) is 5.12. The number of nitriles is 1. The van der Waals surface area contributed by atoms with Crippen molar-refractivity contribution in [3.63, 3.8) is 0 Å². The Kier molecular flexibility index (Phi) is 3.53. The maximum atomic E-state index is 10.6. The van der Waals surface area contributed by atoms with Crippen LogP contribution in [-0.2, 0) is 6.42 Å². The Morgan fingerprint density at radius 3 is 2.84 bits per heavy atom. The third kappa shape index (κ3) is 2.30. The van der Waals surface area contributed by atoms with Crippen molar-refractivity contribution in [3.05, 3.63) is 32.7 Å². The van der Waals surface area contributed by atoms with Crippen molar-refractivity contribution >= 4 is 22.9 Å². The van der Waals surface area contributed by atoms with Gasteiger partial charge in [0, 0.05) is 0 Å². The van der Waals surface area contributed by atoms with E-state index in [1.807, 2.05) is 13.0 Å². The quantitative estimate of drug-likeness (QED) is 0.681. The zero-order valence-electron chi connectivity index (χ0n) is 10.2. The van der Waals surface area contributed by atoms with E-state index in [-0.39, 0.29) is 5.88 Å². The predicted octanol–water partition coefficient (Wildman–Crippen LogP) is 3.32. The molecule has 0 aromatic carbocycles. The van der Waals surface area contributed by atoms with Crippen molar-refractivity contribution < 1.29 is 9.34 Å². The van der Waals surface area contributed by atoms with Crippen LogP contribution in [0, 0.1) is 21.4 Å². The summed E-state index contributed by atoms with van der Waals surface area (Å²) in [6.45, 7) is 2.00. The van der Waals surface area contributed by atoms with Crippen LogP contribution in [0.3, 0.4) is 0 Å². The molecule has 0 aliphatic rings. The number of nitrogen functional groups attached to an aromatic ring is 1. The molecule has 0 saturated heterocycles. The monoisotopic (exact) mass is 277 g/mol. The molecule has 0 radical (unpaired) electrons. The summed E-state index contributed by atoms with van der Waals surface area (Å²) in [5, 5.41) is 19.6. The lowest BCUT2D eigenvalue weighted by Gasteiger charge is -2.00. The van der Waals surface area contributed by atoms with E-state index in [2.05, 4.69) is 0 Å². The highest BCUT2D eigenvalue weighted by Crippen LogP contribution is 2.40. The minimum atomic E-state index is -0.592. The Hall–Kier alpha value is -2.33. The summed E-state index contributed by atoms with van der Waals surface area (Å²) in [5.74, 6) is 0.0660. The van der Waals surface area contributed by atoms with Crippen molar-refractivity contribution in [2.45, 2.75) is 19.8 Å². The first kappa shape index (κ1) is 13.1. The molecule has 6 nitrogen and oxygen atoms in total. The number of nitrogens with zero attached hydrogens (tertiary/aromatic N) is 2. The summed E-state index contributed by atoms with van der Waals surface area (Å²) in [6, 6.07) is 4.86. The van der Waals surface area contributed by atoms with Gasteiger partial charge in [0.2, 0.25) is 0 Å². The predicted molar refractivity (Wildman–Crippen MR) is 71.8 cm³/mol. The molecule has 0 saturated carbocycles. The average molecular weight is 277 g/mol. The Balaban J connectivity index is 2.54. The van der Waals surface area contributed by atoms with Gasteiger partial charge in [0.25, 0.3) is 0 Å². The van der Waals surface area contributed by atoms with Crippen molar-refractivity contribution in [2.24, 2.45) is 0 Å². The summed E-state index contributed by atoms with van der Waals surface area (Å²) in [6.07, 6.45) is 1.56. The first-order valence-corrected chi connectivity index (χ1v) is 6.46. The molecule has 7 heteroatoms. The molecule has 2 rings (SSSR count). The summed E-state index contributed by atoms with van der Waals surface area (Å²) in [5.41, 5.74) is 7.19. The van der Waals surface area contributed by atoms with Crippen molar-refractivity contribution in [1.29, 1.82) is 5.26 Å². The minimum Gasteiger partial charge on any atom is -0.400 e. The van der Waals surface area contributed by atoms with Gasteiger partial charge in [-0.25, -0.2) is 0 Å². The first-order chi connectivity index (χ1) is 9.08. The van der Waals surface area contributed by atoms with E-state index in [0.29, 0.717) is 27.6 Å². The fourth-order valence-electron chi connectivity index (χ4n) is 1.81. The zero-order valence-corrected chi connectivity index (χ0v) is 11.0. The molecule has 0 amide bonds. The van der Waals surface area contributed by atoms with Gasteiger partial charge in [0.05, 0.1) is 16.6 Å². The van der Waals surface area contributed by atoms with Gasteiger partial charge >= 0.3 is 5.88 Å². The van der Waals surface area contributed by atoms with Gasteiger partial charge < -0.3 is 10.2 Å². The molecule has 0 aliphatic heterocycles. The number of rotatable bonds is 4. The molecule has 0 atom stereocenters. The van der Waals surface area contributed by atoms with E-state index in [9.17, 15) is 10.1 Å². The normalized spacial score (nSPS) is 10.3. The second-order valence-corrected chi connectivity index (χ2v) is 4.93. The molecule has 0 unspecified atom stereocenters. The smallest absolute Gasteiger partial charge is 0.400 e. The molecule has 0 spiro atoms. The van der Waals surface area contributed by atoms with Crippen LogP contribution in [0.4, 0.5) is 11.6 Å². The van der Waals surface area contributed by atoms with E-state index >= 15 is 0 Å². The van der Waals surface area contributed by atoms with Crippen LogP contribution >= 0.6 is 11.3 Å². The largest absolute Gasteiger partial charge is 0.433 e. The molecule has 19 heavy (non-hydrogen) atoms. The van der Waals surface area contributed by atoms with Crippen molar-refractivity contribution in [1.82, 2.24) is 0 Å². The van der Waals surface area contributed by atoms with Crippen LogP contribution in [0.15, 0.2) is 16.5 Å². The van der Waals surface area contributed by atoms with E-state index in [1.165, 1.54) is 23.5 Å².